The molecule has 5 amide bonds. The van der Waals surface area contributed by atoms with Crippen molar-refractivity contribution in [3.63, 3.8) is 0 Å². The molecule has 1 aromatic rings. The number of esters is 1. The number of nitrogens with one attached hydrogen (secondary N) is 2. The van der Waals surface area contributed by atoms with Crippen LogP contribution in [0.1, 0.15) is 52.0 Å². The van der Waals surface area contributed by atoms with E-state index in [9.17, 15) is 41.6 Å². The Bertz CT molecular complexity index is 1450. The van der Waals surface area contributed by atoms with E-state index in [4.69, 9.17) is 18.9 Å². The second kappa shape index (κ2) is 15.2. The van der Waals surface area contributed by atoms with E-state index in [1.54, 1.807) is 20.8 Å². The van der Waals surface area contributed by atoms with E-state index >= 15 is 0 Å². The Hall–Kier alpha value is -4.48. The number of hydrogen-bond donors (Lipinski definition) is 2. The number of alkyl carbamates (subject to hydrolysis) is 1. The molecule has 0 unspecified atom stereocenters. The fourth-order valence-corrected chi connectivity index (χ4v) is 6.04. The number of anilines is 1. The molecule has 0 aliphatic carbocycles. The molecule has 1 atom stereocenters. The standard InChI is InChI=1S/C28H37FN4O12S/c1-17(34)32(26(38)43-16-42-24(36)13-30-23(35)12-31-25(37)45-28(2,3)4)14-20-15-33(27(39)44-20)19-5-6-21(22(29)11-19)18-7-9-46(40,41)10-8-18/h5-6,11,18,20H,7-10,12-16H2,1-4H3,(H,30,35)(H,31,37)/t20-/m0/s1. The van der Waals surface area contributed by atoms with Crippen molar-refractivity contribution >= 4 is 51.6 Å². The first-order valence-corrected chi connectivity index (χ1v) is 16.1. The maximum atomic E-state index is 15.0. The van der Waals surface area contributed by atoms with Crippen molar-refractivity contribution < 1.29 is 60.5 Å². The van der Waals surface area contributed by atoms with Crippen LogP contribution in [0.2, 0.25) is 0 Å². The predicted octanol–water partition coefficient (Wildman–Crippen LogP) is 1.57. The molecule has 2 aliphatic rings. The fourth-order valence-electron chi connectivity index (χ4n) is 4.55. The van der Waals surface area contributed by atoms with Crippen molar-refractivity contribution in [2.75, 3.05) is 49.4 Å². The molecular formula is C28H37FN4O12S. The van der Waals surface area contributed by atoms with Gasteiger partial charge in [-0.3, -0.25) is 19.3 Å². The maximum absolute atomic E-state index is 15.0. The van der Waals surface area contributed by atoms with E-state index in [1.165, 1.54) is 12.1 Å². The van der Waals surface area contributed by atoms with Gasteiger partial charge in [-0.25, -0.2) is 32.1 Å². The van der Waals surface area contributed by atoms with E-state index in [1.807, 2.05) is 0 Å². The number of imide groups is 1. The van der Waals surface area contributed by atoms with Gasteiger partial charge in [0.2, 0.25) is 18.6 Å². The summed E-state index contributed by atoms with van der Waals surface area (Å²) in [6, 6.07) is 4.16. The average Bonchev–Trinajstić information content (AvgIpc) is 3.32. The smallest absolute Gasteiger partial charge is 0.419 e. The molecule has 3 rings (SSSR count). The molecule has 1 aromatic carbocycles. The van der Waals surface area contributed by atoms with Gasteiger partial charge in [0.1, 0.15) is 40.4 Å². The second-order valence-corrected chi connectivity index (χ2v) is 13.9. The van der Waals surface area contributed by atoms with Gasteiger partial charge in [0, 0.05) is 6.92 Å². The Kier molecular flexibility index (Phi) is 11.9. The maximum Gasteiger partial charge on any atom is 0.419 e. The van der Waals surface area contributed by atoms with Crippen LogP contribution >= 0.6 is 0 Å². The van der Waals surface area contributed by atoms with Crippen LogP contribution in [0.5, 0.6) is 0 Å². The lowest BCUT2D eigenvalue weighted by Crippen LogP contribution is -2.43. The normalized spacial score (nSPS) is 17.8. The van der Waals surface area contributed by atoms with Gasteiger partial charge in [0.15, 0.2) is 0 Å². The SMILES string of the molecule is CC(=O)N(C[C@H]1CN(c2ccc(C3CCS(=O)(=O)CC3)c(F)c2)C(=O)O1)C(=O)OCOC(=O)CNC(=O)CNC(=O)OC(C)(C)C. The van der Waals surface area contributed by atoms with Crippen LogP contribution in [0.25, 0.3) is 0 Å². The minimum Gasteiger partial charge on any atom is -0.444 e. The molecule has 46 heavy (non-hydrogen) atoms. The predicted molar refractivity (Wildman–Crippen MR) is 157 cm³/mol. The topological polar surface area (TPSA) is 204 Å². The molecule has 2 heterocycles. The van der Waals surface area contributed by atoms with Crippen LogP contribution < -0.4 is 15.5 Å². The number of sulfone groups is 1. The molecule has 0 spiro atoms. The van der Waals surface area contributed by atoms with E-state index in [0.717, 1.165) is 17.9 Å². The summed E-state index contributed by atoms with van der Waals surface area (Å²) in [4.78, 5) is 74.2. The van der Waals surface area contributed by atoms with E-state index in [-0.39, 0.29) is 29.7 Å². The Labute approximate surface area is 264 Å². The van der Waals surface area contributed by atoms with Gasteiger partial charge < -0.3 is 29.6 Å². The third-order valence-electron chi connectivity index (χ3n) is 6.78. The molecule has 2 fully saturated rings. The molecule has 254 valence electrons. The summed E-state index contributed by atoms with van der Waals surface area (Å²) < 4.78 is 58.2. The van der Waals surface area contributed by atoms with Crippen LogP contribution in [0, 0.1) is 5.82 Å². The molecule has 16 nitrogen and oxygen atoms in total. The number of cyclic esters (lactones) is 1. The number of carbonyl (C=O) groups excluding carboxylic acids is 6. The molecule has 0 radical (unpaired) electrons. The lowest BCUT2D eigenvalue weighted by atomic mass is 9.93. The largest absolute Gasteiger partial charge is 0.444 e. The van der Waals surface area contributed by atoms with Crippen molar-refractivity contribution in [1.29, 1.82) is 0 Å². The quantitative estimate of drug-likeness (QED) is 0.207. The number of amides is 5. The third kappa shape index (κ3) is 10.8. The third-order valence-corrected chi connectivity index (χ3v) is 8.49. The van der Waals surface area contributed by atoms with Gasteiger partial charge in [-0.05, 0) is 57.2 Å². The van der Waals surface area contributed by atoms with E-state index in [2.05, 4.69) is 10.6 Å². The van der Waals surface area contributed by atoms with Crippen molar-refractivity contribution in [2.45, 2.75) is 58.2 Å². The van der Waals surface area contributed by atoms with Crippen LogP contribution in [0.3, 0.4) is 0 Å². The molecule has 2 N–H and O–H groups in total. The summed E-state index contributed by atoms with van der Waals surface area (Å²) in [6.07, 6.45) is -3.27. The fraction of sp³-hybridized carbons (Fsp3) is 0.571. The summed E-state index contributed by atoms with van der Waals surface area (Å²) in [5.41, 5.74) is -0.234. The number of hydrogen-bond acceptors (Lipinski definition) is 12. The monoisotopic (exact) mass is 672 g/mol. The van der Waals surface area contributed by atoms with Gasteiger partial charge in [-0.15, -0.1) is 0 Å². The van der Waals surface area contributed by atoms with E-state index < -0.39 is 89.9 Å². The molecular weight excluding hydrogens is 635 g/mol. The van der Waals surface area contributed by atoms with Crippen LogP contribution in [0.4, 0.5) is 24.5 Å². The van der Waals surface area contributed by atoms with Crippen LogP contribution in [-0.4, -0.2) is 106 Å². The number of nitrogens with zero attached hydrogens (tertiary/aromatic N) is 2. The highest BCUT2D eigenvalue weighted by molar-refractivity contribution is 7.91. The number of carbonyl (C=O) groups is 6. The summed E-state index contributed by atoms with van der Waals surface area (Å²) >= 11 is 0. The minimum atomic E-state index is -3.12. The zero-order valence-corrected chi connectivity index (χ0v) is 26.6. The lowest BCUT2D eigenvalue weighted by molar-refractivity contribution is -0.152. The van der Waals surface area contributed by atoms with Crippen molar-refractivity contribution in [3.8, 4) is 0 Å². The lowest BCUT2D eigenvalue weighted by Gasteiger charge is -2.23. The highest BCUT2D eigenvalue weighted by Gasteiger charge is 2.37. The molecule has 2 aliphatic heterocycles. The number of rotatable bonds is 10. The van der Waals surface area contributed by atoms with Gasteiger partial charge in [0.05, 0.1) is 30.3 Å². The van der Waals surface area contributed by atoms with Crippen molar-refractivity contribution in [2.24, 2.45) is 0 Å². The average molecular weight is 673 g/mol. The Morgan fingerprint density at radius 2 is 1.74 bits per heavy atom. The molecule has 2 saturated heterocycles. The number of benzene rings is 1. The Balaban J connectivity index is 1.44. The van der Waals surface area contributed by atoms with E-state index in [0.29, 0.717) is 23.3 Å². The number of halogens is 1. The minimum absolute atomic E-state index is 0.0225. The zero-order valence-electron chi connectivity index (χ0n) is 25.8. The summed E-state index contributed by atoms with van der Waals surface area (Å²) in [7, 11) is -3.12. The molecule has 0 saturated carbocycles. The highest BCUT2D eigenvalue weighted by atomic mass is 32.2. The van der Waals surface area contributed by atoms with Crippen molar-refractivity contribution in [3.05, 3.63) is 29.6 Å². The summed E-state index contributed by atoms with van der Waals surface area (Å²) in [5.74, 6) is -3.38. The van der Waals surface area contributed by atoms with Gasteiger partial charge in [-0.1, -0.05) is 6.07 Å². The van der Waals surface area contributed by atoms with Gasteiger partial charge >= 0.3 is 24.2 Å². The number of ether oxygens (including phenoxy) is 4. The summed E-state index contributed by atoms with van der Waals surface area (Å²) in [5, 5.41) is 4.40. The van der Waals surface area contributed by atoms with Gasteiger partial charge in [-0.2, -0.15) is 0 Å². The zero-order chi connectivity index (χ0) is 34.2. The second-order valence-electron chi connectivity index (χ2n) is 11.6. The first kappa shape index (κ1) is 36.0. The molecule has 18 heteroatoms. The Morgan fingerprint density at radius 3 is 2.35 bits per heavy atom. The summed E-state index contributed by atoms with van der Waals surface area (Å²) in [6.45, 7) is 3.47. The van der Waals surface area contributed by atoms with Crippen LogP contribution in [-0.2, 0) is 43.2 Å². The molecule has 0 aromatic heterocycles. The van der Waals surface area contributed by atoms with Crippen molar-refractivity contribution in [1.82, 2.24) is 15.5 Å². The Morgan fingerprint density at radius 1 is 1.07 bits per heavy atom. The highest BCUT2D eigenvalue weighted by Crippen LogP contribution is 2.33. The first-order chi connectivity index (χ1) is 21.4. The van der Waals surface area contributed by atoms with Crippen LogP contribution in [0.15, 0.2) is 18.2 Å². The van der Waals surface area contributed by atoms with Gasteiger partial charge in [0.25, 0.3) is 0 Å². The molecule has 0 bridgehead atoms. The first-order valence-electron chi connectivity index (χ1n) is 14.3.